The zero-order chi connectivity index (χ0) is 17.1. The van der Waals surface area contributed by atoms with Crippen LogP contribution in [0.25, 0.3) is 0 Å². The molecular weight excluding hydrogens is 294 g/mol. The third kappa shape index (κ3) is 6.20. The van der Waals surface area contributed by atoms with Crippen molar-refractivity contribution in [3.63, 3.8) is 0 Å². The molecule has 23 heavy (non-hydrogen) atoms. The van der Waals surface area contributed by atoms with Crippen molar-refractivity contribution >= 4 is 5.97 Å². The van der Waals surface area contributed by atoms with Gasteiger partial charge in [0.15, 0.2) is 0 Å². The molecule has 0 spiro atoms. The molecule has 0 unspecified atom stereocenters. The van der Waals surface area contributed by atoms with Crippen molar-refractivity contribution in [1.82, 2.24) is 5.32 Å². The number of nitrogens with one attached hydrogen (secondary N) is 1. The topological polar surface area (TPSA) is 67.8 Å². The summed E-state index contributed by atoms with van der Waals surface area (Å²) in [5, 5.41) is 12.7. The molecule has 0 heterocycles. The summed E-state index contributed by atoms with van der Waals surface area (Å²) in [6.07, 6.45) is 2.09. The van der Waals surface area contributed by atoms with Crippen LogP contribution in [0, 0.1) is 5.41 Å². The largest absolute Gasteiger partial charge is 0.493 e. The third-order valence-electron chi connectivity index (χ3n) is 4.26. The fourth-order valence-electron chi connectivity index (χ4n) is 2.46. The number of carboxylic acid groups (broad SMARTS) is 1. The van der Waals surface area contributed by atoms with Crippen molar-refractivity contribution in [2.45, 2.75) is 39.7 Å². The molecule has 0 aliphatic rings. The Morgan fingerprint density at radius 2 is 2.00 bits per heavy atom. The van der Waals surface area contributed by atoms with E-state index in [4.69, 9.17) is 9.47 Å². The number of carboxylic acids is 1. The maximum Gasteiger partial charge on any atom is 0.310 e. The lowest BCUT2D eigenvalue weighted by Crippen LogP contribution is -2.40. The normalized spacial score (nSPS) is 11.4. The molecule has 130 valence electrons. The fraction of sp³-hybridized carbons (Fsp3) is 0.611. The van der Waals surface area contributed by atoms with E-state index in [9.17, 15) is 9.90 Å². The second kappa shape index (κ2) is 10.2. The Morgan fingerprint density at radius 3 is 2.61 bits per heavy atom. The molecule has 0 aliphatic heterocycles. The number of rotatable bonds is 12. The summed E-state index contributed by atoms with van der Waals surface area (Å²) in [4.78, 5) is 11.5. The van der Waals surface area contributed by atoms with E-state index in [2.05, 4.69) is 5.32 Å². The summed E-state index contributed by atoms with van der Waals surface area (Å²) in [5.41, 5.74) is 0.398. The van der Waals surface area contributed by atoms with Gasteiger partial charge in [0.05, 0.1) is 12.0 Å². The van der Waals surface area contributed by atoms with Crippen LogP contribution in [0.1, 0.15) is 38.7 Å². The van der Waals surface area contributed by atoms with E-state index in [0.717, 1.165) is 17.7 Å². The van der Waals surface area contributed by atoms with Crippen LogP contribution in [0.3, 0.4) is 0 Å². The van der Waals surface area contributed by atoms with Gasteiger partial charge in [-0.05, 0) is 30.5 Å². The summed E-state index contributed by atoms with van der Waals surface area (Å²) in [6.45, 7) is 6.26. The molecule has 0 bridgehead atoms. The molecule has 5 nitrogen and oxygen atoms in total. The number of hydrogen-bond acceptors (Lipinski definition) is 4. The zero-order valence-corrected chi connectivity index (χ0v) is 14.4. The Balaban J connectivity index is 2.50. The number of methoxy groups -OCH3 is 1. The molecule has 1 aromatic rings. The van der Waals surface area contributed by atoms with Gasteiger partial charge in [-0.25, -0.2) is 0 Å². The molecule has 0 amide bonds. The van der Waals surface area contributed by atoms with Crippen LogP contribution >= 0.6 is 0 Å². The predicted molar refractivity (Wildman–Crippen MR) is 90.8 cm³/mol. The van der Waals surface area contributed by atoms with Gasteiger partial charge in [-0.15, -0.1) is 0 Å². The minimum Gasteiger partial charge on any atom is -0.493 e. The van der Waals surface area contributed by atoms with E-state index in [-0.39, 0.29) is 0 Å². The van der Waals surface area contributed by atoms with Crippen molar-refractivity contribution in [2.75, 3.05) is 26.9 Å². The van der Waals surface area contributed by atoms with Gasteiger partial charge in [0.25, 0.3) is 0 Å². The Hall–Kier alpha value is -1.59. The van der Waals surface area contributed by atoms with E-state index in [1.54, 1.807) is 7.11 Å². The van der Waals surface area contributed by atoms with Crippen molar-refractivity contribution in [1.29, 1.82) is 0 Å². The lowest BCUT2D eigenvalue weighted by molar-refractivity contribution is -0.149. The molecule has 0 fully saturated rings. The SMILES string of the molecule is CCC(CC)(CNCc1cccc(OCCCOC)c1)C(=O)O. The molecule has 0 saturated carbocycles. The van der Waals surface area contributed by atoms with E-state index in [1.807, 2.05) is 38.1 Å². The Bertz CT molecular complexity index is 472. The van der Waals surface area contributed by atoms with Gasteiger partial charge in [-0.3, -0.25) is 4.79 Å². The van der Waals surface area contributed by atoms with Crippen molar-refractivity contribution in [3.05, 3.63) is 29.8 Å². The number of hydrogen-bond donors (Lipinski definition) is 2. The van der Waals surface area contributed by atoms with E-state index >= 15 is 0 Å². The van der Waals surface area contributed by atoms with Crippen molar-refractivity contribution in [2.24, 2.45) is 5.41 Å². The Kier molecular flexibility index (Phi) is 8.66. The maximum atomic E-state index is 11.5. The summed E-state index contributed by atoms with van der Waals surface area (Å²) < 4.78 is 10.7. The molecule has 0 atom stereocenters. The van der Waals surface area contributed by atoms with Crippen LogP contribution in [-0.4, -0.2) is 37.9 Å². The molecule has 0 aliphatic carbocycles. The first kappa shape index (κ1) is 19.5. The van der Waals surface area contributed by atoms with Crippen LogP contribution in [0.4, 0.5) is 0 Å². The number of aliphatic carboxylic acids is 1. The van der Waals surface area contributed by atoms with Crippen LogP contribution < -0.4 is 10.1 Å². The molecule has 1 aromatic carbocycles. The smallest absolute Gasteiger partial charge is 0.310 e. The minimum atomic E-state index is -0.731. The summed E-state index contributed by atoms with van der Waals surface area (Å²) in [5.74, 6) is 0.0983. The first-order valence-electron chi connectivity index (χ1n) is 8.22. The highest BCUT2D eigenvalue weighted by Crippen LogP contribution is 2.25. The maximum absolute atomic E-state index is 11.5. The second-order valence-electron chi connectivity index (χ2n) is 5.74. The highest BCUT2D eigenvalue weighted by atomic mass is 16.5. The van der Waals surface area contributed by atoms with Gasteiger partial charge in [-0.1, -0.05) is 26.0 Å². The summed E-state index contributed by atoms with van der Waals surface area (Å²) in [6, 6.07) is 7.87. The highest BCUT2D eigenvalue weighted by molar-refractivity contribution is 5.74. The molecular formula is C18H29NO4. The number of carbonyl (C=O) groups is 1. The van der Waals surface area contributed by atoms with Crippen molar-refractivity contribution in [3.8, 4) is 5.75 Å². The average molecular weight is 323 g/mol. The van der Waals surface area contributed by atoms with E-state index < -0.39 is 11.4 Å². The lowest BCUT2D eigenvalue weighted by atomic mass is 9.82. The monoisotopic (exact) mass is 323 g/mol. The molecule has 5 heteroatoms. The van der Waals surface area contributed by atoms with Gasteiger partial charge >= 0.3 is 5.97 Å². The molecule has 1 rings (SSSR count). The van der Waals surface area contributed by atoms with E-state index in [0.29, 0.717) is 39.1 Å². The lowest BCUT2D eigenvalue weighted by Gasteiger charge is -2.27. The first-order valence-corrected chi connectivity index (χ1v) is 8.22. The Morgan fingerprint density at radius 1 is 1.26 bits per heavy atom. The molecule has 0 aromatic heterocycles. The average Bonchev–Trinajstić information content (AvgIpc) is 2.56. The predicted octanol–water partition coefficient (Wildman–Crippen LogP) is 3.08. The van der Waals surface area contributed by atoms with Gasteiger partial charge < -0.3 is 19.9 Å². The van der Waals surface area contributed by atoms with Gasteiger partial charge in [0.1, 0.15) is 5.75 Å². The van der Waals surface area contributed by atoms with Crippen LogP contribution in [0.5, 0.6) is 5.75 Å². The molecule has 2 N–H and O–H groups in total. The van der Waals surface area contributed by atoms with E-state index in [1.165, 1.54) is 0 Å². The highest BCUT2D eigenvalue weighted by Gasteiger charge is 2.34. The van der Waals surface area contributed by atoms with Crippen LogP contribution in [-0.2, 0) is 16.1 Å². The summed E-state index contributed by atoms with van der Waals surface area (Å²) in [7, 11) is 1.68. The molecule has 0 saturated heterocycles. The third-order valence-corrected chi connectivity index (χ3v) is 4.26. The van der Waals surface area contributed by atoms with Gasteiger partial charge in [0, 0.05) is 33.2 Å². The summed E-state index contributed by atoms with van der Waals surface area (Å²) >= 11 is 0. The Labute approximate surface area is 139 Å². The number of ether oxygens (including phenoxy) is 2. The van der Waals surface area contributed by atoms with Crippen LogP contribution in [0.2, 0.25) is 0 Å². The number of benzene rings is 1. The zero-order valence-electron chi connectivity index (χ0n) is 14.4. The van der Waals surface area contributed by atoms with Gasteiger partial charge in [-0.2, -0.15) is 0 Å². The quantitative estimate of drug-likeness (QED) is 0.579. The fourth-order valence-corrected chi connectivity index (χ4v) is 2.46. The van der Waals surface area contributed by atoms with Crippen LogP contribution in [0.15, 0.2) is 24.3 Å². The minimum absolute atomic E-state index is 0.467. The van der Waals surface area contributed by atoms with Crippen molar-refractivity contribution < 1.29 is 19.4 Å². The second-order valence-corrected chi connectivity index (χ2v) is 5.74. The standard InChI is InChI=1S/C18H29NO4/c1-4-18(5-2,17(20)21)14-19-13-15-8-6-9-16(12-15)23-11-7-10-22-3/h6,8-9,12,19H,4-5,7,10-11,13-14H2,1-3H3,(H,20,21). The molecule has 0 radical (unpaired) electrons. The first-order chi connectivity index (χ1) is 11.1. The van der Waals surface area contributed by atoms with Gasteiger partial charge in [0.2, 0.25) is 0 Å².